The second-order valence-corrected chi connectivity index (χ2v) is 12.6. The highest BCUT2D eigenvalue weighted by Crippen LogP contribution is 2.56. The number of aliphatic imine (C=N–C) groups is 1. The van der Waals surface area contributed by atoms with Gasteiger partial charge in [-0.2, -0.15) is 4.72 Å². The van der Waals surface area contributed by atoms with E-state index in [1.54, 1.807) is 26.0 Å². The first kappa shape index (κ1) is 30.0. The van der Waals surface area contributed by atoms with Crippen molar-refractivity contribution >= 4 is 49.5 Å². The Morgan fingerprint density at radius 3 is 2.45 bits per heavy atom. The Morgan fingerprint density at radius 2 is 1.89 bits per heavy atom. The van der Waals surface area contributed by atoms with Crippen molar-refractivity contribution < 1.29 is 27.2 Å². The molecule has 1 aromatic carbocycles. The number of nitrogens with zero attached hydrogens (tertiary/aromatic N) is 2. The van der Waals surface area contributed by atoms with Gasteiger partial charge in [-0.25, -0.2) is 12.8 Å². The van der Waals surface area contributed by atoms with Gasteiger partial charge in [-0.05, 0) is 61.8 Å². The molecule has 0 bridgehead atoms. The number of nitrogens with two attached hydrogens (primary N) is 2. The minimum absolute atomic E-state index is 0.00521. The van der Waals surface area contributed by atoms with E-state index in [1.807, 2.05) is 0 Å². The number of hydrogen-bond donors (Lipinski definition) is 4. The molecule has 210 valence electrons. The number of likely N-dealkylation sites (tertiary alicyclic amines) is 1. The predicted octanol–water partition coefficient (Wildman–Crippen LogP) is 0.820. The normalized spacial score (nSPS) is 21.9. The van der Waals surface area contributed by atoms with Crippen LogP contribution in [0.5, 0.6) is 0 Å². The van der Waals surface area contributed by atoms with E-state index in [2.05, 4.69) is 31.0 Å². The van der Waals surface area contributed by atoms with Crippen LogP contribution in [0.2, 0.25) is 0 Å². The lowest BCUT2D eigenvalue weighted by atomic mass is 10.0. The molecule has 6 N–H and O–H groups in total. The molecule has 1 saturated carbocycles. The molecule has 11 nitrogen and oxygen atoms in total. The van der Waals surface area contributed by atoms with Crippen LogP contribution < -0.4 is 21.5 Å². The van der Waals surface area contributed by atoms with Crippen LogP contribution in [0, 0.1) is 11.8 Å². The number of halogens is 2. The molecule has 4 atom stereocenters. The number of ketones is 1. The summed E-state index contributed by atoms with van der Waals surface area (Å²) in [6.45, 7) is 2.66. The SMILES string of the molecule is CC(C)[C@H](NS(=O)(=O)c1ccc(Br)cc1)C(=O)N1CCC2CC21C(=O)N[C@@H](CCCN=C(N)N)C(=O)CF. The maximum Gasteiger partial charge on any atom is 0.246 e. The molecule has 0 spiro atoms. The number of sulfonamides is 1. The fourth-order valence-electron chi connectivity index (χ4n) is 4.86. The van der Waals surface area contributed by atoms with Gasteiger partial charge in [0.2, 0.25) is 21.8 Å². The molecule has 0 radical (unpaired) electrons. The fourth-order valence-corrected chi connectivity index (χ4v) is 6.46. The number of fused-ring (bicyclic) bond motifs is 1. The molecule has 2 amide bonds. The zero-order valence-electron chi connectivity index (χ0n) is 21.3. The smallest absolute Gasteiger partial charge is 0.246 e. The largest absolute Gasteiger partial charge is 0.370 e. The number of hydrogen-bond acceptors (Lipinski definition) is 6. The maximum atomic E-state index is 13.7. The van der Waals surface area contributed by atoms with Gasteiger partial charge in [0.25, 0.3) is 0 Å². The zero-order chi connectivity index (χ0) is 28.3. The number of piperidine rings is 1. The molecule has 3 rings (SSSR count). The number of carbonyl (C=O) groups excluding carboxylic acids is 3. The first-order chi connectivity index (χ1) is 17.8. The molecule has 1 aliphatic carbocycles. The number of alkyl halides is 1. The number of Topliss-reactive ketones (excluding diaryl/α,β-unsaturated/α-hetero) is 1. The third kappa shape index (κ3) is 6.52. The third-order valence-corrected chi connectivity index (χ3v) is 9.01. The van der Waals surface area contributed by atoms with E-state index in [1.165, 1.54) is 17.0 Å². The summed E-state index contributed by atoms with van der Waals surface area (Å²) in [5.74, 6) is -2.49. The Bertz CT molecular complexity index is 1190. The van der Waals surface area contributed by atoms with Gasteiger partial charge < -0.3 is 21.7 Å². The van der Waals surface area contributed by atoms with Crippen LogP contribution in [0.1, 0.15) is 39.5 Å². The van der Waals surface area contributed by atoms with E-state index >= 15 is 0 Å². The highest BCUT2D eigenvalue weighted by atomic mass is 79.9. The molecule has 0 aromatic heterocycles. The van der Waals surface area contributed by atoms with E-state index in [0.29, 0.717) is 23.7 Å². The van der Waals surface area contributed by atoms with Gasteiger partial charge in [-0.3, -0.25) is 19.4 Å². The molecule has 14 heteroatoms. The molecular formula is C24H34BrFN6O5S. The molecule has 1 saturated heterocycles. The molecule has 2 fully saturated rings. The van der Waals surface area contributed by atoms with E-state index in [4.69, 9.17) is 11.5 Å². The lowest BCUT2D eigenvalue weighted by Gasteiger charge is -2.33. The van der Waals surface area contributed by atoms with E-state index < -0.39 is 57.8 Å². The van der Waals surface area contributed by atoms with Crippen LogP contribution in [-0.4, -0.2) is 74.3 Å². The standard InChI is InChI=1S/C24H34BrFN6O5S/c1-14(2)20(31-38(36,37)17-7-5-16(25)6-8-17)21(34)32-11-9-15-12-24(15,32)22(35)30-18(19(33)13-26)4-3-10-29-23(27)28/h5-8,14-15,18,20,31H,3-4,9-13H2,1-2H3,(H,30,35)(H4,27,28,29)/t15?,18-,20-,24?/m0/s1. The highest BCUT2D eigenvalue weighted by Gasteiger charge is 2.69. The van der Waals surface area contributed by atoms with Gasteiger partial charge in [0.1, 0.15) is 18.3 Å². The number of amides is 2. The van der Waals surface area contributed by atoms with Crippen molar-refractivity contribution in [2.24, 2.45) is 28.3 Å². The van der Waals surface area contributed by atoms with Crippen LogP contribution >= 0.6 is 15.9 Å². The summed E-state index contributed by atoms with van der Waals surface area (Å²) in [4.78, 5) is 44.6. The number of nitrogens with one attached hydrogen (secondary N) is 2. The van der Waals surface area contributed by atoms with Gasteiger partial charge in [0.05, 0.1) is 10.9 Å². The molecule has 1 aromatic rings. The van der Waals surface area contributed by atoms with Crippen LogP contribution in [0.3, 0.4) is 0 Å². The Kier molecular flexibility index (Phi) is 9.52. The molecule has 2 aliphatic rings. The van der Waals surface area contributed by atoms with Crippen LogP contribution in [0.25, 0.3) is 0 Å². The van der Waals surface area contributed by atoms with Crippen molar-refractivity contribution in [3.8, 4) is 0 Å². The van der Waals surface area contributed by atoms with Crippen LogP contribution in [0.15, 0.2) is 38.6 Å². The Hall–Kier alpha value is -2.58. The van der Waals surface area contributed by atoms with Crippen LogP contribution in [0.4, 0.5) is 4.39 Å². The summed E-state index contributed by atoms with van der Waals surface area (Å²) in [5.41, 5.74) is 9.40. The molecule has 1 heterocycles. The van der Waals surface area contributed by atoms with Gasteiger partial charge in [0, 0.05) is 17.6 Å². The van der Waals surface area contributed by atoms with Crippen LogP contribution in [-0.2, 0) is 24.4 Å². The monoisotopic (exact) mass is 616 g/mol. The third-order valence-electron chi connectivity index (χ3n) is 7.02. The second-order valence-electron chi connectivity index (χ2n) is 9.98. The van der Waals surface area contributed by atoms with E-state index in [0.717, 1.165) is 0 Å². The summed E-state index contributed by atoms with van der Waals surface area (Å²) in [6, 6.07) is 3.81. The van der Waals surface area contributed by atoms with Crippen molar-refractivity contribution in [3.05, 3.63) is 28.7 Å². The summed E-state index contributed by atoms with van der Waals surface area (Å²) in [6.07, 6.45) is 1.41. The summed E-state index contributed by atoms with van der Waals surface area (Å²) in [5, 5.41) is 2.64. The van der Waals surface area contributed by atoms with Crippen molar-refractivity contribution in [2.45, 2.75) is 62.0 Å². The van der Waals surface area contributed by atoms with Gasteiger partial charge in [-0.15, -0.1) is 0 Å². The Labute approximate surface area is 230 Å². The fraction of sp³-hybridized carbons (Fsp3) is 0.583. The number of rotatable bonds is 13. The minimum Gasteiger partial charge on any atom is -0.370 e. The summed E-state index contributed by atoms with van der Waals surface area (Å²) >= 11 is 3.27. The Balaban J connectivity index is 1.77. The Morgan fingerprint density at radius 1 is 1.24 bits per heavy atom. The number of guanidine groups is 1. The molecular weight excluding hydrogens is 583 g/mol. The zero-order valence-corrected chi connectivity index (χ0v) is 23.7. The number of carbonyl (C=O) groups is 3. The minimum atomic E-state index is -4.03. The van der Waals surface area contributed by atoms with Gasteiger partial charge >= 0.3 is 0 Å². The predicted molar refractivity (Wildman–Crippen MR) is 143 cm³/mol. The molecule has 2 unspecified atom stereocenters. The first-order valence-corrected chi connectivity index (χ1v) is 14.7. The summed E-state index contributed by atoms with van der Waals surface area (Å²) in [7, 11) is -4.03. The van der Waals surface area contributed by atoms with Crippen molar-refractivity contribution in [1.82, 2.24) is 14.9 Å². The van der Waals surface area contributed by atoms with E-state index in [-0.39, 0.29) is 36.3 Å². The average molecular weight is 618 g/mol. The molecule has 38 heavy (non-hydrogen) atoms. The quantitative estimate of drug-likeness (QED) is 0.144. The topological polar surface area (TPSA) is 177 Å². The van der Waals surface area contributed by atoms with Crippen molar-refractivity contribution in [3.63, 3.8) is 0 Å². The van der Waals surface area contributed by atoms with E-state index in [9.17, 15) is 27.2 Å². The molecule has 1 aliphatic heterocycles. The number of benzene rings is 1. The summed E-state index contributed by atoms with van der Waals surface area (Å²) < 4.78 is 42.5. The maximum absolute atomic E-state index is 13.7. The van der Waals surface area contributed by atoms with Crippen molar-refractivity contribution in [1.29, 1.82) is 0 Å². The first-order valence-electron chi connectivity index (χ1n) is 12.4. The van der Waals surface area contributed by atoms with Gasteiger partial charge in [0.15, 0.2) is 11.7 Å². The van der Waals surface area contributed by atoms with Crippen molar-refractivity contribution in [2.75, 3.05) is 19.8 Å². The lowest BCUT2D eigenvalue weighted by Crippen LogP contribution is -2.59. The highest BCUT2D eigenvalue weighted by molar-refractivity contribution is 9.10. The second kappa shape index (κ2) is 12.1. The lowest BCUT2D eigenvalue weighted by molar-refractivity contribution is -0.143. The average Bonchev–Trinajstić information content (AvgIpc) is 3.48. The van der Waals surface area contributed by atoms with Gasteiger partial charge in [-0.1, -0.05) is 29.8 Å².